The van der Waals surface area contributed by atoms with E-state index in [9.17, 15) is 0 Å². The summed E-state index contributed by atoms with van der Waals surface area (Å²) in [6.45, 7) is 0. The average Bonchev–Trinajstić information content (AvgIpc) is 2.17. The largest absolute Gasteiger partial charge is 0.493 e. The predicted molar refractivity (Wildman–Crippen MR) is 53.9 cm³/mol. The number of hydrogen-bond donors (Lipinski definition) is 0. The molecule has 74 valence electrons. The Morgan fingerprint density at radius 2 is 2.07 bits per heavy atom. The molecule has 0 spiro atoms. The molecule has 0 aliphatic rings. The van der Waals surface area contributed by atoms with Crippen LogP contribution in [0.25, 0.3) is 0 Å². The van der Waals surface area contributed by atoms with E-state index >= 15 is 0 Å². The number of halogens is 1. The molecule has 0 unspecified atom stereocenters. The second-order valence-corrected chi connectivity index (χ2v) is 3.06. The normalized spacial score (nSPS) is 9.29. The lowest BCUT2D eigenvalue weighted by Crippen LogP contribution is -1.93. The van der Waals surface area contributed by atoms with Gasteiger partial charge in [0, 0.05) is 0 Å². The van der Waals surface area contributed by atoms with E-state index in [1.807, 2.05) is 6.07 Å². The van der Waals surface area contributed by atoms with Crippen LogP contribution in [0.15, 0.2) is 12.1 Å². The maximum Gasteiger partial charge on any atom is 0.179 e. The van der Waals surface area contributed by atoms with Crippen LogP contribution in [0.4, 0.5) is 0 Å². The van der Waals surface area contributed by atoms with E-state index in [1.165, 1.54) is 14.2 Å². The van der Waals surface area contributed by atoms with Crippen LogP contribution in [0.1, 0.15) is 5.56 Å². The van der Waals surface area contributed by atoms with Gasteiger partial charge in [-0.25, -0.2) is 0 Å². The molecular formula is C10H10ClNO2. The van der Waals surface area contributed by atoms with Gasteiger partial charge >= 0.3 is 0 Å². The predicted octanol–water partition coefficient (Wildman–Crippen LogP) is 2.42. The van der Waals surface area contributed by atoms with E-state index in [0.29, 0.717) is 22.9 Å². The Morgan fingerprint density at radius 1 is 1.36 bits per heavy atom. The van der Waals surface area contributed by atoms with Crippen molar-refractivity contribution >= 4 is 11.6 Å². The van der Waals surface area contributed by atoms with E-state index in [-0.39, 0.29) is 0 Å². The highest BCUT2D eigenvalue weighted by Crippen LogP contribution is 2.35. The zero-order chi connectivity index (χ0) is 10.6. The number of nitrogens with zero attached hydrogens (tertiary/aromatic N) is 1. The first-order valence-corrected chi connectivity index (χ1v) is 4.38. The average molecular weight is 212 g/mol. The number of rotatable bonds is 3. The summed E-state index contributed by atoms with van der Waals surface area (Å²) in [5, 5.41) is 8.99. The Labute approximate surface area is 87.8 Å². The molecule has 1 aromatic carbocycles. The van der Waals surface area contributed by atoms with Crippen molar-refractivity contribution in [3.63, 3.8) is 0 Å². The van der Waals surface area contributed by atoms with Crippen molar-refractivity contribution in [1.29, 1.82) is 5.26 Å². The first kappa shape index (κ1) is 10.7. The van der Waals surface area contributed by atoms with Crippen LogP contribution < -0.4 is 9.47 Å². The third-order valence-corrected chi connectivity index (χ3v) is 2.06. The van der Waals surface area contributed by atoms with Gasteiger partial charge < -0.3 is 9.47 Å². The third-order valence-electron chi connectivity index (χ3n) is 1.78. The van der Waals surface area contributed by atoms with E-state index in [2.05, 4.69) is 0 Å². The van der Waals surface area contributed by atoms with Gasteiger partial charge in [-0.2, -0.15) is 5.26 Å². The van der Waals surface area contributed by atoms with Crippen LogP contribution in [0.5, 0.6) is 11.5 Å². The summed E-state index contributed by atoms with van der Waals surface area (Å²) >= 11 is 5.93. The molecule has 0 fully saturated rings. The van der Waals surface area contributed by atoms with Crippen LogP contribution in [0.3, 0.4) is 0 Å². The molecule has 1 rings (SSSR count). The zero-order valence-electron chi connectivity index (χ0n) is 8.00. The summed E-state index contributed by atoms with van der Waals surface area (Å²) in [5.41, 5.74) is 0.815. The van der Waals surface area contributed by atoms with Gasteiger partial charge in [-0.1, -0.05) is 11.6 Å². The van der Waals surface area contributed by atoms with Crippen LogP contribution in [0.2, 0.25) is 5.02 Å². The van der Waals surface area contributed by atoms with E-state index < -0.39 is 0 Å². The van der Waals surface area contributed by atoms with Gasteiger partial charge in [0.15, 0.2) is 11.5 Å². The van der Waals surface area contributed by atoms with E-state index in [4.69, 9.17) is 26.3 Å². The molecule has 0 saturated heterocycles. The molecule has 3 nitrogen and oxygen atoms in total. The molecule has 0 bridgehead atoms. The van der Waals surface area contributed by atoms with Crippen LogP contribution in [-0.4, -0.2) is 14.2 Å². The Bertz CT molecular complexity index is 371. The van der Waals surface area contributed by atoms with Crippen molar-refractivity contribution in [2.45, 2.75) is 6.42 Å². The maximum atomic E-state index is 8.54. The molecule has 0 saturated carbocycles. The van der Waals surface area contributed by atoms with Gasteiger partial charge in [0.1, 0.15) is 0 Å². The van der Waals surface area contributed by atoms with Crippen molar-refractivity contribution in [2.24, 2.45) is 0 Å². The molecule has 0 aliphatic carbocycles. The monoisotopic (exact) mass is 211 g/mol. The van der Waals surface area contributed by atoms with Crippen molar-refractivity contribution in [1.82, 2.24) is 0 Å². The van der Waals surface area contributed by atoms with Gasteiger partial charge in [-0.3, -0.25) is 0 Å². The summed E-state index contributed by atoms with van der Waals surface area (Å²) in [7, 11) is 3.05. The van der Waals surface area contributed by atoms with Gasteiger partial charge in [0.05, 0.1) is 31.7 Å². The fourth-order valence-electron chi connectivity index (χ4n) is 1.16. The van der Waals surface area contributed by atoms with Gasteiger partial charge in [0.25, 0.3) is 0 Å². The lowest BCUT2D eigenvalue weighted by Gasteiger charge is -2.10. The second kappa shape index (κ2) is 4.73. The van der Waals surface area contributed by atoms with Crippen molar-refractivity contribution in [3.05, 3.63) is 22.7 Å². The third kappa shape index (κ3) is 2.09. The van der Waals surface area contributed by atoms with Gasteiger partial charge in [0.2, 0.25) is 0 Å². The summed E-state index contributed by atoms with van der Waals surface area (Å²) in [5.74, 6) is 1.04. The Kier molecular flexibility index (Phi) is 3.61. The quantitative estimate of drug-likeness (QED) is 0.771. The van der Waals surface area contributed by atoms with Gasteiger partial charge in [-0.15, -0.1) is 0 Å². The SMILES string of the molecule is COc1cc(CC#N)cc(Cl)c1OC. The smallest absolute Gasteiger partial charge is 0.179 e. The highest BCUT2D eigenvalue weighted by atomic mass is 35.5. The maximum absolute atomic E-state index is 8.54. The first-order chi connectivity index (χ1) is 6.72. The van der Waals surface area contributed by atoms with E-state index in [1.54, 1.807) is 12.1 Å². The van der Waals surface area contributed by atoms with Crippen LogP contribution in [0, 0.1) is 11.3 Å². The molecule has 1 aromatic rings. The van der Waals surface area contributed by atoms with Crippen molar-refractivity contribution in [2.75, 3.05) is 14.2 Å². The van der Waals surface area contributed by atoms with E-state index in [0.717, 1.165) is 5.56 Å². The Morgan fingerprint density at radius 3 is 2.57 bits per heavy atom. The second-order valence-electron chi connectivity index (χ2n) is 2.65. The minimum Gasteiger partial charge on any atom is -0.493 e. The van der Waals surface area contributed by atoms with Crippen molar-refractivity contribution < 1.29 is 9.47 Å². The molecule has 0 radical (unpaired) electrons. The molecule has 4 heteroatoms. The summed E-state index contributed by atoms with van der Waals surface area (Å²) < 4.78 is 10.1. The highest BCUT2D eigenvalue weighted by Gasteiger charge is 2.10. The van der Waals surface area contributed by atoms with Gasteiger partial charge in [-0.05, 0) is 17.7 Å². The van der Waals surface area contributed by atoms with Crippen LogP contribution in [-0.2, 0) is 6.42 Å². The lowest BCUT2D eigenvalue weighted by molar-refractivity contribution is 0.355. The molecule has 0 atom stereocenters. The Balaban J connectivity index is 3.18. The number of methoxy groups -OCH3 is 2. The van der Waals surface area contributed by atoms with Crippen molar-refractivity contribution in [3.8, 4) is 17.6 Å². The number of nitriles is 1. The first-order valence-electron chi connectivity index (χ1n) is 4.00. The molecule has 0 heterocycles. The standard InChI is InChI=1S/C10H10ClNO2/c1-13-9-6-7(3-4-12)5-8(11)10(9)14-2/h5-6H,3H2,1-2H3. The fraction of sp³-hybridized carbons (Fsp3) is 0.300. The summed E-state index contributed by atoms with van der Waals surface area (Å²) in [6, 6.07) is 5.49. The lowest BCUT2D eigenvalue weighted by atomic mass is 10.1. The molecule has 0 aromatic heterocycles. The minimum absolute atomic E-state index is 0.306. The number of hydrogen-bond acceptors (Lipinski definition) is 3. The molecule has 0 aliphatic heterocycles. The number of benzene rings is 1. The molecule has 0 N–H and O–H groups in total. The Hall–Kier alpha value is -1.40. The molecular weight excluding hydrogens is 202 g/mol. The fourth-order valence-corrected chi connectivity index (χ4v) is 1.48. The van der Waals surface area contributed by atoms with Crippen LogP contribution >= 0.6 is 11.6 Å². The zero-order valence-corrected chi connectivity index (χ0v) is 8.76. The highest BCUT2D eigenvalue weighted by molar-refractivity contribution is 6.32. The molecule has 14 heavy (non-hydrogen) atoms. The summed E-state index contributed by atoms with van der Waals surface area (Å²) in [4.78, 5) is 0. The number of ether oxygens (including phenoxy) is 2. The topological polar surface area (TPSA) is 42.2 Å². The molecule has 0 amide bonds. The summed E-state index contributed by atoms with van der Waals surface area (Å²) in [6.07, 6.45) is 0.306. The minimum atomic E-state index is 0.306.